The molecule has 0 saturated heterocycles. The van der Waals surface area contributed by atoms with E-state index in [0.717, 1.165) is 0 Å². The number of halogens is 1. The lowest BCUT2D eigenvalue weighted by Crippen LogP contribution is -2.08. The molecule has 2 heterocycles. The number of rotatable bonds is 2. The number of carbonyl (C=O) groups is 1. The summed E-state index contributed by atoms with van der Waals surface area (Å²) >= 11 is 5.92. The third-order valence-corrected chi connectivity index (χ3v) is 2.31. The quantitative estimate of drug-likeness (QED) is 0.837. The molecule has 86 valence electrons. The topological polar surface area (TPSA) is 102 Å². The van der Waals surface area contributed by atoms with Crippen molar-refractivity contribution < 1.29 is 9.90 Å². The average Bonchev–Trinajstić information content (AvgIpc) is 2.30. The molecule has 2 aromatic rings. The smallest absolute Gasteiger partial charge is 0.358 e. The van der Waals surface area contributed by atoms with Gasteiger partial charge in [0.05, 0.1) is 11.2 Å². The molecule has 2 aromatic heterocycles. The van der Waals surface area contributed by atoms with Crippen molar-refractivity contribution in [1.82, 2.24) is 15.0 Å². The van der Waals surface area contributed by atoms with Gasteiger partial charge < -0.3 is 10.8 Å². The summed E-state index contributed by atoms with van der Waals surface area (Å²) in [5.41, 5.74) is 5.71. The van der Waals surface area contributed by atoms with Crippen molar-refractivity contribution in [3.63, 3.8) is 0 Å². The Morgan fingerprint density at radius 2 is 2.18 bits per heavy atom. The van der Waals surface area contributed by atoms with Crippen LogP contribution in [0.4, 0.5) is 5.82 Å². The zero-order valence-corrected chi connectivity index (χ0v) is 9.22. The van der Waals surface area contributed by atoms with Gasteiger partial charge in [-0.3, -0.25) is 4.98 Å². The van der Waals surface area contributed by atoms with Crippen LogP contribution in [0.3, 0.4) is 0 Å². The molecule has 0 unspecified atom stereocenters. The van der Waals surface area contributed by atoms with Crippen LogP contribution >= 0.6 is 11.6 Å². The van der Waals surface area contributed by atoms with Crippen LogP contribution in [0.5, 0.6) is 0 Å². The Balaban J connectivity index is 2.58. The van der Waals surface area contributed by atoms with Gasteiger partial charge in [0.25, 0.3) is 0 Å². The maximum absolute atomic E-state index is 10.9. The molecule has 17 heavy (non-hydrogen) atoms. The monoisotopic (exact) mass is 250 g/mol. The van der Waals surface area contributed by atoms with Gasteiger partial charge >= 0.3 is 5.97 Å². The van der Waals surface area contributed by atoms with Gasteiger partial charge in [-0.2, -0.15) is 0 Å². The van der Waals surface area contributed by atoms with Gasteiger partial charge in [-0.1, -0.05) is 11.6 Å². The Morgan fingerprint density at radius 1 is 1.41 bits per heavy atom. The Labute approximate surface area is 101 Å². The van der Waals surface area contributed by atoms with Crippen molar-refractivity contribution in [3.8, 4) is 11.4 Å². The van der Waals surface area contributed by atoms with Crippen LogP contribution in [0.1, 0.15) is 10.5 Å². The van der Waals surface area contributed by atoms with E-state index in [4.69, 9.17) is 22.4 Å². The molecule has 0 spiro atoms. The predicted molar refractivity (Wildman–Crippen MR) is 61.6 cm³/mol. The number of pyridine rings is 1. The Bertz CT molecular complexity index is 588. The summed E-state index contributed by atoms with van der Waals surface area (Å²) in [5.74, 6) is -1.39. The zero-order chi connectivity index (χ0) is 12.4. The fourth-order valence-electron chi connectivity index (χ4n) is 1.24. The van der Waals surface area contributed by atoms with Crippen molar-refractivity contribution in [3.05, 3.63) is 35.2 Å². The van der Waals surface area contributed by atoms with Crippen molar-refractivity contribution in [1.29, 1.82) is 0 Å². The summed E-state index contributed by atoms with van der Waals surface area (Å²) < 4.78 is 0. The molecule has 6 nitrogen and oxygen atoms in total. The van der Waals surface area contributed by atoms with Crippen LogP contribution in [0, 0.1) is 0 Å². The highest BCUT2D eigenvalue weighted by molar-refractivity contribution is 6.32. The Kier molecular flexibility index (Phi) is 2.88. The lowest BCUT2D eigenvalue weighted by Gasteiger charge is -2.04. The van der Waals surface area contributed by atoms with Gasteiger partial charge in [-0.15, -0.1) is 0 Å². The first kappa shape index (κ1) is 11.3. The number of carboxylic acid groups (broad SMARTS) is 1. The molecule has 2 rings (SSSR count). The maximum atomic E-state index is 10.9. The van der Waals surface area contributed by atoms with Crippen LogP contribution in [0.2, 0.25) is 5.02 Å². The van der Waals surface area contributed by atoms with Gasteiger partial charge in [0.1, 0.15) is 11.4 Å². The fraction of sp³-hybridized carbons (Fsp3) is 0. The van der Waals surface area contributed by atoms with Crippen molar-refractivity contribution in [2.24, 2.45) is 0 Å². The number of nitrogens with zero attached hydrogens (tertiary/aromatic N) is 3. The number of aromatic carboxylic acids is 1. The second-order valence-electron chi connectivity index (χ2n) is 3.13. The van der Waals surface area contributed by atoms with Gasteiger partial charge in [0.2, 0.25) is 0 Å². The molecular weight excluding hydrogens is 244 g/mol. The van der Waals surface area contributed by atoms with E-state index in [9.17, 15) is 4.79 Å². The standard InChI is InChI=1S/C10H7ClN4O2/c11-5-2-1-3-13-7(5)6-4-14-9(12)8(15-6)10(16)17/h1-4H,(H2,12,14)(H,16,17). The van der Waals surface area contributed by atoms with E-state index < -0.39 is 5.97 Å². The highest BCUT2D eigenvalue weighted by Crippen LogP contribution is 2.23. The van der Waals surface area contributed by atoms with Crippen molar-refractivity contribution in [2.45, 2.75) is 0 Å². The van der Waals surface area contributed by atoms with Gasteiger partial charge in [0.15, 0.2) is 11.5 Å². The van der Waals surface area contributed by atoms with Crippen LogP contribution < -0.4 is 5.73 Å². The molecule has 0 radical (unpaired) electrons. The summed E-state index contributed by atoms with van der Waals surface area (Å²) in [5, 5.41) is 9.23. The number of nitrogen functional groups attached to an aromatic ring is 1. The summed E-state index contributed by atoms with van der Waals surface area (Å²) in [6, 6.07) is 3.29. The minimum atomic E-state index is -1.25. The van der Waals surface area contributed by atoms with E-state index in [2.05, 4.69) is 15.0 Å². The molecule has 0 atom stereocenters. The first-order chi connectivity index (χ1) is 8.09. The third-order valence-electron chi connectivity index (χ3n) is 2.00. The molecule has 0 aromatic carbocycles. The normalized spacial score (nSPS) is 10.2. The number of hydrogen-bond donors (Lipinski definition) is 2. The third kappa shape index (κ3) is 2.16. The minimum Gasteiger partial charge on any atom is -0.476 e. The molecule has 0 fully saturated rings. The SMILES string of the molecule is Nc1ncc(-c2ncccc2Cl)nc1C(=O)O. The number of carboxylic acids is 1. The van der Waals surface area contributed by atoms with E-state index >= 15 is 0 Å². The number of nitrogens with two attached hydrogens (primary N) is 1. The Morgan fingerprint density at radius 3 is 2.82 bits per heavy atom. The summed E-state index contributed by atoms with van der Waals surface area (Å²) in [7, 11) is 0. The molecule has 7 heteroatoms. The number of aromatic nitrogens is 3. The van der Waals surface area contributed by atoms with Crippen LogP contribution in [0.15, 0.2) is 24.5 Å². The van der Waals surface area contributed by atoms with E-state index in [-0.39, 0.29) is 17.2 Å². The Hall–Kier alpha value is -2.21. The lowest BCUT2D eigenvalue weighted by molar-refractivity contribution is 0.0691. The molecule has 0 bridgehead atoms. The van der Waals surface area contributed by atoms with E-state index in [1.165, 1.54) is 12.4 Å². The highest BCUT2D eigenvalue weighted by atomic mass is 35.5. The highest BCUT2D eigenvalue weighted by Gasteiger charge is 2.14. The molecule has 0 aliphatic rings. The minimum absolute atomic E-state index is 0.145. The predicted octanol–water partition coefficient (Wildman–Crippen LogP) is 1.47. The molecule has 0 aliphatic heterocycles. The molecule has 3 N–H and O–H groups in total. The van der Waals surface area contributed by atoms with Crippen LogP contribution in [-0.2, 0) is 0 Å². The first-order valence-electron chi connectivity index (χ1n) is 4.56. The first-order valence-corrected chi connectivity index (χ1v) is 4.94. The summed E-state index contributed by atoms with van der Waals surface area (Å²) in [6.45, 7) is 0. The van der Waals surface area contributed by atoms with Gasteiger partial charge in [-0.05, 0) is 12.1 Å². The average molecular weight is 251 g/mol. The maximum Gasteiger partial charge on any atom is 0.358 e. The molecule has 0 aliphatic carbocycles. The van der Waals surface area contributed by atoms with Crippen molar-refractivity contribution in [2.75, 3.05) is 5.73 Å². The number of anilines is 1. The second kappa shape index (κ2) is 4.34. The van der Waals surface area contributed by atoms with E-state index in [0.29, 0.717) is 10.7 Å². The van der Waals surface area contributed by atoms with E-state index in [1.807, 2.05) is 0 Å². The zero-order valence-electron chi connectivity index (χ0n) is 8.46. The molecule has 0 saturated carbocycles. The number of hydrogen-bond acceptors (Lipinski definition) is 5. The molecular formula is C10H7ClN4O2. The lowest BCUT2D eigenvalue weighted by atomic mass is 10.2. The fourth-order valence-corrected chi connectivity index (χ4v) is 1.46. The van der Waals surface area contributed by atoms with Gasteiger partial charge in [0, 0.05) is 6.20 Å². The van der Waals surface area contributed by atoms with E-state index in [1.54, 1.807) is 12.1 Å². The molecule has 0 amide bonds. The van der Waals surface area contributed by atoms with Crippen LogP contribution in [0.25, 0.3) is 11.4 Å². The summed E-state index contributed by atoms with van der Waals surface area (Å²) in [4.78, 5) is 22.5. The van der Waals surface area contributed by atoms with Gasteiger partial charge in [-0.25, -0.2) is 14.8 Å². The summed E-state index contributed by atoms with van der Waals surface area (Å²) in [6.07, 6.45) is 2.86. The van der Waals surface area contributed by atoms with Crippen LogP contribution in [-0.4, -0.2) is 26.0 Å². The largest absolute Gasteiger partial charge is 0.476 e. The van der Waals surface area contributed by atoms with Crippen molar-refractivity contribution >= 4 is 23.4 Å². The second-order valence-corrected chi connectivity index (χ2v) is 3.54.